The summed E-state index contributed by atoms with van der Waals surface area (Å²) in [5, 5.41) is 3.48. The van der Waals surface area contributed by atoms with E-state index >= 15 is 0 Å². The molecule has 1 aliphatic carbocycles. The fourth-order valence-electron chi connectivity index (χ4n) is 2.71. The first-order valence-corrected chi connectivity index (χ1v) is 6.17. The maximum atomic E-state index is 4.34. The highest BCUT2D eigenvalue weighted by Crippen LogP contribution is 2.37. The molecule has 1 saturated heterocycles. The predicted octanol–water partition coefficient (Wildman–Crippen LogP) is 2.08. The topological polar surface area (TPSA) is 29.9 Å². The molecule has 2 fully saturated rings. The van der Waals surface area contributed by atoms with Crippen LogP contribution in [0, 0.1) is 0 Å². The molecule has 3 nitrogen and oxygen atoms in total. The van der Waals surface area contributed by atoms with Gasteiger partial charge in [-0.05, 0) is 32.2 Å². The number of imidazole rings is 1. The normalized spacial score (nSPS) is 27.6. The first-order chi connectivity index (χ1) is 7.45. The molecule has 1 saturated carbocycles. The van der Waals surface area contributed by atoms with Crippen molar-refractivity contribution in [3.8, 4) is 0 Å². The maximum absolute atomic E-state index is 4.34. The molecular weight excluding hydrogens is 186 g/mol. The van der Waals surface area contributed by atoms with E-state index in [-0.39, 0.29) is 0 Å². The van der Waals surface area contributed by atoms with Crippen LogP contribution in [0.25, 0.3) is 0 Å². The summed E-state index contributed by atoms with van der Waals surface area (Å²) >= 11 is 0. The fourth-order valence-corrected chi connectivity index (χ4v) is 2.71. The van der Waals surface area contributed by atoms with E-state index in [1.807, 2.05) is 6.33 Å². The van der Waals surface area contributed by atoms with Gasteiger partial charge in [0.1, 0.15) is 0 Å². The van der Waals surface area contributed by atoms with Gasteiger partial charge < -0.3 is 9.88 Å². The molecule has 3 heteroatoms. The van der Waals surface area contributed by atoms with Gasteiger partial charge in [0.05, 0.1) is 6.33 Å². The van der Waals surface area contributed by atoms with Crippen molar-refractivity contribution >= 4 is 0 Å². The average Bonchev–Trinajstić information content (AvgIpc) is 2.65. The Morgan fingerprint density at radius 3 is 2.87 bits per heavy atom. The van der Waals surface area contributed by atoms with Gasteiger partial charge in [-0.15, -0.1) is 0 Å². The van der Waals surface area contributed by atoms with E-state index < -0.39 is 0 Å². The number of hydrogen-bond donors (Lipinski definition) is 1. The van der Waals surface area contributed by atoms with Gasteiger partial charge in [0.15, 0.2) is 0 Å². The Hall–Kier alpha value is -0.830. The van der Waals surface area contributed by atoms with Crippen molar-refractivity contribution in [2.24, 2.45) is 0 Å². The third kappa shape index (κ3) is 1.69. The minimum Gasteiger partial charge on any atom is -0.330 e. The van der Waals surface area contributed by atoms with Crippen LogP contribution >= 0.6 is 0 Å². The Morgan fingerprint density at radius 2 is 2.20 bits per heavy atom. The van der Waals surface area contributed by atoms with Crippen LogP contribution in [0.4, 0.5) is 0 Å². The molecule has 1 aliphatic heterocycles. The molecule has 15 heavy (non-hydrogen) atoms. The maximum Gasteiger partial charge on any atom is 0.0951 e. The Morgan fingerprint density at radius 1 is 1.27 bits per heavy atom. The summed E-state index contributed by atoms with van der Waals surface area (Å²) in [6.07, 6.45) is 10.9. The molecule has 1 N–H and O–H groups in total. The Kier molecular flexibility index (Phi) is 2.49. The smallest absolute Gasteiger partial charge is 0.0951 e. The van der Waals surface area contributed by atoms with Crippen LogP contribution in [0.15, 0.2) is 12.5 Å². The van der Waals surface area contributed by atoms with E-state index in [0.29, 0.717) is 6.04 Å². The molecule has 1 aromatic rings. The van der Waals surface area contributed by atoms with E-state index in [9.17, 15) is 0 Å². The number of aromatic nitrogens is 2. The Balaban J connectivity index is 1.80. The van der Waals surface area contributed by atoms with Crippen molar-refractivity contribution in [2.75, 3.05) is 13.1 Å². The van der Waals surface area contributed by atoms with Gasteiger partial charge in [-0.3, -0.25) is 0 Å². The van der Waals surface area contributed by atoms with Crippen molar-refractivity contribution in [1.82, 2.24) is 14.9 Å². The summed E-state index contributed by atoms with van der Waals surface area (Å²) in [6, 6.07) is 0.650. The van der Waals surface area contributed by atoms with Crippen molar-refractivity contribution in [2.45, 2.75) is 44.1 Å². The van der Waals surface area contributed by atoms with Gasteiger partial charge in [0.25, 0.3) is 0 Å². The number of nitrogens with one attached hydrogen (secondary N) is 1. The van der Waals surface area contributed by atoms with E-state index in [1.165, 1.54) is 44.3 Å². The van der Waals surface area contributed by atoms with Gasteiger partial charge in [-0.1, -0.05) is 6.42 Å². The largest absolute Gasteiger partial charge is 0.330 e. The zero-order valence-electron chi connectivity index (χ0n) is 9.15. The first-order valence-electron chi connectivity index (χ1n) is 6.17. The molecule has 0 radical (unpaired) electrons. The average molecular weight is 205 g/mol. The van der Waals surface area contributed by atoms with Gasteiger partial charge in [-0.25, -0.2) is 4.98 Å². The molecule has 82 valence electrons. The van der Waals surface area contributed by atoms with E-state index in [0.717, 1.165) is 12.5 Å². The Bertz CT molecular complexity index is 321. The van der Waals surface area contributed by atoms with Crippen LogP contribution in [-0.4, -0.2) is 22.6 Å². The molecule has 2 heterocycles. The summed E-state index contributed by atoms with van der Waals surface area (Å²) in [5.74, 6) is 0.800. The van der Waals surface area contributed by atoms with Crippen LogP contribution in [-0.2, 0) is 0 Å². The van der Waals surface area contributed by atoms with Crippen molar-refractivity contribution < 1.29 is 0 Å². The zero-order valence-corrected chi connectivity index (χ0v) is 9.15. The third-order valence-corrected chi connectivity index (χ3v) is 3.88. The fraction of sp³-hybridized carbons (Fsp3) is 0.750. The minimum atomic E-state index is 0.650. The number of nitrogens with zero attached hydrogens (tertiary/aromatic N) is 2. The third-order valence-electron chi connectivity index (χ3n) is 3.88. The summed E-state index contributed by atoms with van der Waals surface area (Å²) < 4.78 is 2.43. The lowest BCUT2D eigenvalue weighted by molar-refractivity contribution is 0.334. The molecule has 1 aromatic heterocycles. The standard InChI is InChI=1S/C12H19N3/c1-3-10(4-1)12-8-14-9-15(12)11-5-2-6-13-7-11/h8-11,13H,1-7H2. The van der Waals surface area contributed by atoms with Crippen LogP contribution < -0.4 is 5.32 Å². The van der Waals surface area contributed by atoms with E-state index in [4.69, 9.17) is 0 Å². The van der Waals surface area contributed by atoms with Gasteiger partial charge in [0, 0.05) is 30.4 Å². The second-order valence-corrected chi connectivity index (χ2v) is 4.85. The second-order valence-electron chi connectivity index (χ2n) is 4.85. The molecule has 0 amide bonds. The molecule has 0 aromatic carbocycles. The van der Waals surface area contributed by atoms with Gasteiger partial charge in [0.2, 0.25) is 0 Å². The van der Waals surface area contributed by atoms with Crippen LogP contribution in [0.2, 0.25) is 0 Å². The quantitative estimate of drug-likeness (QED) is 0.801. The highest BCUT2D eigenvalue weighted by atomic mass is 15.1. The van der Waals surface area contributed by atoms with E-state index in [2.05, 4.69) is 21.1 Å². The lowest BCUT2D eigenvalue weighted by Gasteiger charge is -2.31. The summed E-state index contributed by atoms with van der Waals surface area (Å²) in [7, 11) is 0. The second kappa shape index (κ2) is 3.97. The van der Waals surface area contributed by atoms with Crippen molar-refractivity contribution in [1.29, 1.82) is 0 Å². The zero-order chi connectivity index (χ0) is 10.1. The van der Waals surface area contributed by atoms with Crippen LogP contribution in [0.1, 0.15) is 49.8 Å². The SMILES string of the molecule is c1ncn(C2CCCNC2)c1C1CCC1. The monoisotopic (exact) mass is 205 g/mol. The Labute approximate surface area is 90.9 Å². The molecule has 3 rings (SSSR count). The highest BCUT2D eigenvalue weighted by Gasteiger charge is 2.25. The molecular formula is C12H19N3. The van der Waals surface area contributed by atoms with Crippen LogP contribution in [0.5, 0.6) is 0 Å². The van der Waals surface area contributed by atoms with Crippen molar-refractivity contribution in [3.05, 3.63) is 18.2 Å². The lowest BCUT2D eigenvalue weighted by Crippen LogP contribution is -2.32. The number of hydrogen-bond acceptors (Lipinski definition) is 2. The van der Waals surface area contributed by atoms with Crippen molar-refractivity contribution in [3.63, 3.8) is 0 Å². The lowest BCUT2D eigenvalue weighted by atomic mass is 9.83. The molecule has 1 unspecified atom stereocenters. The van der Waals surface area contributed by atoms with Gasteiger partial charge in [-0.2, -0.15) is 0 Å². The molecule has 0 bridgehead atoms. The number of rotatable bonds is 2. The number of piperidine rings is 1. The summed E-state index contributed by atoms with van der Waals surface area (Å²) in [6.45, 7) is 2.31. The van der Waals surface area contributed by atoms with Gasteiger partial charge >= 0.3 is 0 Å². The van der Waals surface area contributed by atoms with E-state index in [1.54, 1.807) is 0 Å². The molecule has 2 aliphatic rings. The molecule has 0 spiro atoms. The molecule has 1 atom stereocenters. The minimum absolute atomic E-state index is 0.650. The summed E-state index contributed by atoms with van der Waals surface area (Å²) in [4.78, 5) is 4.34. The summed E-state index contributed by atoms with van der Waals surface area (Å²) in [5.41, 5.74) is 1.48. The predicted molar refractivity (Wildman–Crippen MR) is 60.0 cm³/mol. The van der Waals surface area contributed by atoms with Crippen LogP contribution in [0.3, 0.4) is 0 Å². The highest BCUT2D eigenvalue weighted by molar-refractivity contribution is 5.11. The first kappa shape index (κ1) is 9.40.